The molecule has 1 amide bonds. The second-order valence-corrected chi connectivity index (χ2v) is 9.77. The second-order valence-electron chi connectivity index (χ2n) is 9.77. The van der Waals surface area contributed by atoms with Crippen molar-refractivity contribution in [1.82, 2.24) is 20.1 Å². The number of carbonyl (C=O) groups excluding carboxylic acids is 1. The van der Waals surface area contributed by atoms with Crippen LogP contribution in [0, 0.1) is 5.92 Å². The molecule has 6 rings (SSSR count). The van der Waals surface area contributed by atoms with Crippen molar-refractivity contribution in [3.05, 3.63) is 54.5 Å². The average Bonchev–Trinajstić information content (AvgIpc) is 3.61. The van der Waals surface area contributed by atoms with Crippen LogP contribution in [0.2, 0.25) is 0 Å². The number of rotatable bonds is 5. The number of fused-ring (bicyclic) bond motifs is 1. The molecule has 34 heavy (non-hydrogen) atoms. The van der Waals surface area contributed by atoms with Crippen LogP contribution in [-0.2, 0) is 11.2 Å². The molecule has 4 heterocycles. The quantitative estimate of drug-likeness (QED) is 0.599. The molecule has 1 N–H and O–H groups in total. The summed E-state index contributed by atoms with van der Waals surface area (Å²) in [6.45, 7) is 4.20. The monoisotopic (exact) mass is 457 g/mol. The molecular formula is C27H31N5O2. The Hall–Kier alpha value is -3.19. The number of aromatic nitrogens is 3. The van der Waals surface area contributed by atoms with Crippen molar-refractivity contribution in [2.24, 2.45) is 5.92 Å². The molecule has 7 nitrogen and oxygen atoms in total. The predicted molar refractivity (Wildman–Crippen MR) is 131 cm³/mol. The Morgan fingerprint density at radius 3 is 2.71 bits per heavy atom. The van der Waals surface area contributed by atoms with Crippen molar-refractivity contribution < 1.29 is 9.53 Å². The van der Waals surface area contributed by atoms with Gasteiger partial charge in [0.05, 0.1) is 17.9 Å². The minimum Gasteiger partial charge on any atom is -0.438 e. The van der Waals surface area contributed by atoms with Crippen LogP contribution in [0.1, 0.15) is 50.6 Å². The van der Waals surface area contributed by atoms with E-state index in [1.807, 2.05) is 29.3 Å². The first kappa shape index (κ1) is 21.4. The maximum atomic E-state index is 13.2. The van der Waals surface area contributed by atoms with Gasteiger partial charge in [-0.05, 0) is 76.7 Å². The molecule has 2 fully saturated rings. The fourth-order valence-electron chi connectivity index (χ4n) is 5.27. The molecule has 3 aromatic rings. The summed E-state index contributed by atoms with van der Waals surface area (Å²) >= 11 is 0. The molecule has 1 aromatic carbocycles. The van der Waals surface area contributed by atoms with E-state index in [1.165, 1.54) is 0 Å². The molecular weight excluding hydrogens is 426 g/mol. The molecule has 1 aliphatic carbocycles. The summed E-state index contributed by atoms with van der Waals surface area (Å²) < 4.78 is 8.56. The van der Waals surface area contributed by atoms with Gasteiger partial charge in [-0.1, -0.05) is 6.07 Å². The summed E-state index contributed by atoms with van der Waals surface area (Å²) in [6.07, 6.45) is 11.8. The van der Waals surface area contributed by atoms with Gasteiger partial charge >= 0.3 is 0 Å². The number of piperidine rings is 1. The van der Waals surface area contributed by atoms with Crippen LogP contribution < -0.4 is 15.0 Å². The lowest BCUT2D eigenvalue weighted by molar-refractivity contribution is -0.120. The van der Waals surface area contributed by atoms with E-state index in [1.54, 1.807) is 6.20 Å². The standard InChI is InChI=1S/C27H31N5O2/c1-18-5-8-23-24(32(18)27(33)19-6-7-19)10-9-22(26(23)34-25-4-2-3-13-29-25)20-16-30-31(17-20)21-11-14-28-15-12-21/h2-4,9-10,13,16-19,21,28H,5-8,11-12,14-15H2,1H3. The normalized spacial score (nSPS) is 20.7. The van der Waals surface area contributed by atoms with E-state index in [-0.39, 0.29) is 17.9 Å². The molecule has 1 saturated carbocycles. The van der Waals surface area contributed by atoms with Crippen LogP contribution in [0.15, 0.2) is 48.9 Å². The number of anilines is 1. The van der Waals surface area contributed by atoms with E-state index < -0.39 is 0 Å². The number of amides is 1. The Morgan fingerprint density at radius 2 is 1.94 bits per heavy atom. The summed E-state index contributed by atoms with van der Waals surface area (Å²) in [6, 6.07) is 10.5. The Kier molecular flexibility index (Phi) is 5.57. The van der Waals surface area contributed by atoms with Gasteiger partial charge in [-0.25, -0.2) is 4.98 Å². The van der Waals surface area contributed by atoms with Crippen LogP contribution in [0.25, 0.3) is 11.1 Å². The average molecular weight is 458 g/mol. The Balaban J connectivity index is 1.43. The first-order chi connectivity index (χ1) is 16.7. The Labute approximate surface area is 200 Å². The van der Waals surface area contributed by atoms with E-state index in [4.69, 9.17) is 9.84 Å². The van der Waals surface area contributed by atoms with Gasteiger partial charge in [0, 0.05) is 47.1 Å². The highest BCUT2D eigenvalue weighted by molar-refractivity contribution is 5.99. The summed E-state index contributed by atoms with van der Waals surface area (Å²) in [5, 5.41) is 8.14. The summed E-state index contributed by atoms with van der Waals surface area (Å²) in [5.41, 5.74) is 4.10. The zero-order chi connectivity index (χ0) is 23.1. The van der Waals surface area contributed by atoms with Crippen molar-refractivity contribution in [2.75, 3.05) is 18.0 Å². The highest BCUT2D eigenvalue weighted by atomic mass is 16.5. The lowest BCUT2D eigenvalue weighted by atomic mass is 9.92. The Bertz CT molecular complexity index is 1180. The number of benzene rings is 1. The first-order valence-electron chi connectivity index (χ1n) is 12.5. The van der Waals surface area contributed by atoms with Gasteiger partial charge in [0.1, 0.15) is 5.75 Å². The van der Waals surface area contributed by atoms with Crippen molar-refractivity contribution >= 4 is 11.6 Å². The van der Waals surface area contributed by atoms with Gasteiger partial charge in [-0.2, -0.15) is 5.10 Å². The lowest BCUT2D eigenvalue weighted by Gasteiger charge is -2.36. The number of pyridine rings is 1. The van der Waals surface area contributed by atoms with Crippen LogP contribution >= 0.6 is 0 Å². The fraction of sp³-hybridized carbons (Fsp3) is 0.444. The third-order valence-corrected chi connectivity index (χ3v) is 7.35. The van der Waals surface area contributed by atoms with Crippen molar-refractivity contribution in [1.29, 1.82) is 0 Å². The van der Waals surface area contributed by atoms with E-state index in [9.17, 15) is 4.79 Å². The topological polar surface area (TPSA) is 72.3 Å². The van der Waals surface area contributed by atoms with Crippen LogP contribution in [0.5, 0.6) is 11.6 Å². The molecule has 2 aliphatic heterocycles. The number of carbonyl (C=O) groups is 1. The lowest BCUT2D eigenvalue weighted by Crippen LogP contribution is -2.43. The zero-order valence-electron chi connectivity index (χ0n) is 19.6. The van der Waals surface area contributed by atoms with E-state index in [2.05, 4.69) is 40.2 Å². The third-order valence-electron chi connectivity index (χ3n) is 7.35. The number of nitrogens with zero attached hydrogens (tertiary/aromatic N) is 4. The highest BCUT2D eigenvalue weighted by Crippen LogP contribution is 2.46. The smallest absolute Gasteiger partial charge is 0.230 e. The molecule has 1 atom stereocenters. The van der Waals surface area contributed by atoms with Crippen molar-refractivity contribution in [3.8, 4) is 22.8 Å². The summed E-state index contributed by atoms with van der Waals surface area (Å²) in [4.78, 5) is 19.6. The molecule has 0 bridgehead atoms. The van der Waals surface area contributed by atoms with E-state index >= 15 is 0 Å². The van der Waals surface area contributed by atoms with Crippen LogP contribution in [-0.4, -0.2) is 39.8 Å². The maximum absolute atomic E-state index is 13.2. The maximum Gasteiger partial charge on any atom is 0.230 e. The van der Waals surface area contributed by atoms with Crippen LogP contribution in [0.3, 0.4) is 0 Å². The third kappa shape index (κ3) is 3.98. The molecule has 7 heteroatoms. The molecule has 1 saturated heterocycles. The van der Waals surface area contributed by atoms with Crippen LogP contribution in [0.4, 0.5) is 5.69 Å². The van der Waals surface area contributed by atoms with Gasteiger partial charge in [0.15, 0.2) is 0 Å². The van der Waals surface area contributed by atoms with Gasteiger partial charge in [0.2, 0.25) is 11.8 Å². The fourth-order valence-corrected chi connectivity index (χ4v) is 5.27. The van der Waals surface area contributed by atoms with E-state index in [0.717, 1.165) is 79.7 Å². The highest BCUT2D eigenvalue weighted by Gasteiger charge is 2.39. The number of hydrogen-bond donors (Lipinski definition) is 1. The zero-order valence-corrected chi connectivity index (χ0v) is 19.6. The number of ether oxygens (including phenoxy) is 1. The number of hydrogen-bond acceptors (Lipinski definition) is 5. The largest absolute Gasteiger partial charge is 0.438 e. The SMILES string of the molecule is CC1CCc2c(ccc(-c3cnn(C4CCNCC4)c3)c2Oc2ccccn2)N1C(=O)C1CC1. The molecule has 1 unspecified atom stereocenters. The Morgan fingerprint density at radius 1 is 1.09 bits per heavy atom. The molecule has 3 aliphatic rings. The minimum absolute atomic E-state index is 0.177. The second kappa shape index (κ2) is 8.87. The minimum atomic E-state index is 0.177. The molecule has 0 radical (unpaired) electrons. The first-order valence-corrected chi connectivity index (χ1v) is 12.5. The number of nitrogens with one attached hydrogen (secondary N) is 1. The summed E-state index contributed by atoms with van der Waals surface area (Å²) in [5.74, 6) is 1.78. The molecule has 176 valence electrons. The predicted octanol–water partition coefficient (Wildman–Crippen LogP) is 4.74. The van der Waals surface area contributed by atoms with Gasteiger partial charge in [-0.3, -0.25) is 9.48 Å². The molecule has 2 aromatic heterocycles. The van der Waals surface area contributed by atoms with Gasteiger partial charge in [-0.15, -0.1) is 0 Å². The van der Waals surface area contributed by atoms with Gasteiger partial charge in [0.25, 0.3) is 0 Å². The van der Waals surface area contributed by atoms with E-state index in [0.29, 0.717) is 11.9 Å². The summed E-state index contributed by atoms with van der Waals surface area (Å²) in [7, 11) is 0. The van der Waals surface area contributed by atoms with Crippen molar-refractivity contribution in [2.45, 2.75) is 57.5 Å². The van der Waals surface area contributed by atoms with Crippen molar-refractivity contribution in [3.63, 3.8) is 0 Å². The van der Waals surface area contributed by atoms with Gasteiger partial charge < -0.3 is 15.0 Å². The molecule has 0 spiro atoms.